The van der Waals surface area contributed by atoms with E-state index in [0.29, 0.717) is 41.1 Å². The minimum Gasteiger partial charge on any atom is -0.486 e. The van der Waals surface area contributed by atoms with Gasteiger partial charge in [-0.25, -0.2) is 0 Å². The summed E-state index contributed by atoms with van der Waals surface area (Å²) >= 11 is 12.1. The zero-order chi connectivity index (χ0) is 20.1. The molecule has 0 bridgehead atoms. The van der Waals surface area contributed by atoms with E-state index in [-0.39, 0.29) is 18.3 Å². The van der Waals surface area contributed by atoms with Gasteiger partial charge in [0.15, 0.2) is 5.76 Å². The monoisotopic (exact) mass is 421 g/mol. The van der Waals surface area contributed by atoms with Gasteiger partial charge in [-0.1, -0.05) is 35.3 Å². The third-order valence-electron chi connectivity index (χ3n) is 4.08. The van der Waals surface area contributed by atoms with E-state index in [1.54, 1.807) is 23.7 Å². The second kappa shape index (κ2) is 9.17. The van der Waals surface area contributed by atoms with Crippen molar-refractivity contribution in [2.24, 2.45) is 0 Å². The molecule has 1 aromatic carbocycles. The van der Waals surface area contributed by atoms with Gasteiger partial charge in [0.05, 0.1) is 5.69 Å². The molecule has 0 spiro atoms. The molecule has 0 fully saturated rings. The predicted molar refractivity (Wildman–Crippen MR) is 108 cm³/mol. The fourth-order valence-corrected chi connectivity index (χ4v) is 3.03. The summed E-state index contributed by atoms with van der Waals surface area (Å²) in [6.07, 6.45) is 0.660. The Labute approximate surface area is 173 Å². The minimum atomic E-state index is -0.275. The minimum absolute atomic E-state index is 0.249. The maximum Gasteiger partial charge on any atom is 0.286 e. The summed E-state index contributed by atoms with van der Waals surface area (Å²) in [7, 11) is 0. The van der Waals surface area contributed by atoms with Crippen LogP contribution in [0, 0.1) is 13.8 Å². The number of aromatic nitrogens is 2. The van der Waals surface area contributed by atoms with Crippen LogP contribution in [0.1, 0.15) is 34.0 Å². The molecule has 2 aromatic heterocycles. The van der Waals surface area contributed by atoms with Crippen molar-refractivity contribution < 1.29 is 13.9 Å². The predicted octanol–water partition coefficient (Wildman–Crippen LogP) is 4.80. The molecule has 3 aromatic rings. The number of rotatable bonds is 8. The highest BCUT2D eigenvalue weighted by atomic mass is 35.5. The molecule has 0 atom stereocenters. The summed E-state index contributed by atoms with van der Waals surface area (Å²) in [6.45, 7) is 5.07. The van der Waals surface area contributed by atoms with Gasteiger partial charge >= 0.3 is 0 Å². The molecular weight excluding hydrogens is 401 g/mol. The summed E-state index contributed by atoms with van der Waals surface area (Å²) in [5, 5.41) is 7.93. The van der Waals surface area contributed by atoms with Gasteiger partial charge in [-0.2, -0.15) is 5.10 Å². The van der Waals surface area contributed by atoms with Crippen molar-refractivity contribution in [1.82, 2.24) is 15.1 Å². The van der Waals surface area contributed by atoms with Crippen LogP contribution in [0.15, 0.2) is 40.8 Å². The van der Waals surface area contributed by atoms with Crippen molar-refractivity contribution in [1.29, 1.82) is 0 Å². The first-order valence-corrected chi connectivity index (χ1v) is 9.64. The second-order valence-corrected chi connectivity index (χ2v) is 7.13. The molecule has 6 nitrogen and oxygen atoms in total. The third kappa shape index (κ3) is 5.09. The number of nitrogens with one attached hydrogen (secondary N) is 1. The fourth-order valence-electron chi connectivity index (χ4n) is 2.63. The number of halogens is 2. The van der Waals surface area contributed by atoms with Gasteiger partial charge in [0.2, 0.25) is 0 Å². The molecule has 0 radical (unpaired) electrons. The number of amides is 1. The van der Waals surface area contributed by atoms with Gasteiger partial charge in [0.25, 0.3) is 5.91 Å². The van der Waals surface area contributed by atoms with Crippen molar-refractivity contribution in [3.63, 3.8) is 0 Å². The molecule has 0 unspecified atom stereocenters. The fraction of sp³-hybridized carbons (Fsp3) is 0.300. The zero-order valence-electron chi connectivity index (χ0n) is 15.7. The van der Waals surface area contributed by atoms with Crippen LogP contribution in [0.25, 0.3) is 0 Å². The highest BCUT2D eigenvalue weighted by Crippen LogP contribution is 2.24. The summed E-state index contributed by atoms with van der Waals surface area (Å²) in [5.41, 5.74) is 1.80. The molecule has 1 N–H and O–H groups in total. The summed E-state index contributed by atoms with van der Waals surface area (Å²) in [5.74, 6) is 1.32. The van der Waals surface area contributed by atoms with Crippen LogP contribution in [0.5, 0.6) is 5.75 Å². The lowest BCUT2D eigenvalue weighted by Crippen LogP contribution is -2.25. The molecule has 3 rings (SSSR count). The molecule has 0 saturated heterocycles. The van der Waals surface area contributed by atoms with Crippen LogP contribution in [-0.4, -0.2) is 22.2 Å². The SMILES string of the molecule is Cc1cccc(OCc2ccc(C(=O)NCCCn3nc(C)c(Cl)c3Cl)o2)c1. The Bertz CT molecular complexity index is 966. The normalized spacial score (nSPS) is 10.9. The summed E-state index contributed by atoms with van der Waals surface area (Å²) < 4.78 is 12.9. The van der Waals surface area contributed by atoms with Crippen LogP contribution < -0.4 is 10.1 Å². The van der Waals surface area contributed by atoms with Gasteiger partial charge in [0, 0.05) is 13.1 Å². The smallest absolute Gasteiger partial charge is 0.286 e. The Hall–Kier alpha value is -2.44. The lowest BCUT2D eigenvalue weighted by atomic mass is 10.2. The Morgan fingerprint density at radius 2 is 2.07 bits per heavy atom. The number of ether oxygens (including phenoxy) is 1. The van der Waals surface area contributed by atoms with E-state index in [2.05, 4.69) is 10.4 Å². The van der Waals surface area contributed by atoms with Gasteiger partial charge in [-0.05, 0) is 50.1 Å². The molecule has 28 heavy (non-hydrogen) atoms. The van der Waals surface area contributed by atoms with E-state index in [0.717, 1.165) is 11.3 Å². The van der Waals surface area contributed by atoms with E-state index in [1.807, 2.05) is 31.2 Å². The standard InChI is InChI=1S/C20H21Cl2N3O3/c1-13-5-3-6-15(11-13)27-12-16-7-8-17(28-16)20(26)23-9-4-10-25-19(22)18(21)14(2)24-25/h3,5-8,11H,4,9-10,12H2,1-2H3,(H,23,26). The highest BCUT2D eigenvalue weighted by Gasteiger charge is 2.13. The Kier molecular flexibility index (Phi) is 6.65. The number of furan rings is 1. The zero-order valence-corrected chi connectivity index (χ0v) is 17.2. The van der Waals surface area contributed by atoms with Crippen LogP contribution in [0.4, 0.5) is 0 Å². The van der Waals surface area contributed by atoms with Crippen LogP contribution in [0.2, 0.25) is 10.2 Å². The van der Waals surface area contributed by atoms with Gasteiger partial charge < -0.3 is 14.5 Å². The summed E-state index contributed by atoms with van der Waals surface area (Å²) in [4.78, 5) is 12.2. The van der Waals surface area contributed by atoms with Gasteiger partial charge in [-0.15, -0.1) is 0 Å². The van der Waals surface area contributed by atoms with E-state index >= 15 is 0 Å². The second-order valence-electron chi connectivity index (χ2n) is 6.39. The molecule has 1 amide bonds. The first kappa shape index (κ1) is 20.3. The number of carbonyl (C=O) groups is 1. The van der Waals surface area contributed by atoms with Crippen molar-refractivity contribution in [3.05, 3.63) is 69.4 Å². The molecule has 2 heterocycles. The Morgan fingerprint density at radius 1 is 1.25 bits per heavy atom. The number of hydrogen-bond acceptors (Lipinski definition) is 4. The van der Waals surface area contributed by atoms with E-state index in [9.17, 15) is 4.79 Å². The van der Waals surface area contributed by atoms with Crippen molar-refractivity contribution in [2.45, 2.75) is 33.4 Å². The number of carbonyl (C=O) groups excluding carboxylic acids is 1. The van der Waals surface area contributed by atoms with Gasteiger partial charge in [0.1, 0.15) is 28.3 Å². The molecule has 0 aliphatic heterocycles. The number of aryl methyl sites for hydroxylation is 3. The largest absolute Gasteiger partial charge is 0.486 e. The molecular formula is C20H21Cl2N3O3. The maximum atomic E-state index is 12.2. The van der Waals surface area contributed by atoms with E-state index in [4.69, 9.17) is 32.4 Å². The molecule has 0 aliphatic rings. The van der Waals surface area contributed by atoms with Crippen LogP contribution in [0.3, 0.4) is 0 Å². The number of hydrogen-bond donors (Lipinski definition) is 1. The molecule has 148 valence electrons. The van der Waals surface area contributed by atoms with Crippen LogP contribution >= 0.6 is 23.2 Å². The van der Waals surface area contributed by atoms with Crippen LogP contribution in [-0.2, 0) is 13.2 Å². The lowest BCUT2D eigenvalue weighted by molar-refractivity contribution is 0.0921. The Balaban J connectivity index is 1.44. The quantitative estimate of drug-likeness (QED) is 0.530. The van der Waals surface area contributed by atoms with Crippen molar-refractivity contribution in [2.75, 3.05) is 6.54 Å². The first-order chi connectivity index (χ1) is 13.4. The van der Waals surface area contributed by atoms with Crippen molar-refractivity contribution in [3.8, 4) is 5.75 Å². The first-order valence-electron chi connectivity index (χ1n) is 8.89. The third-order valence-corrected chi connectivity index (χ3v) is 5.02. The summed E-state index contributed by atoms with van der Waals surface area (Å²) in [6, 6.07) is 11.1. The highest BCUT2D eigenvalue weighted by molar-refractivity contribution is 6.41. The molecule has 0 saturated carbocycles. The van der Waals surface area contributed by atoms with Gasteiger partial charge in [-0.3, -0.25) is 9.48 Å². The number of benzene rings is 1. The molecule has 0 aliphatic carbocycles. The average molecular weight is 422 g/mol. The topological polar surface area (TPSA) is 69.3 Å². The van der Waals surface area contributed by atoms with E-state index in [1.165, 1.54) is 0 Å². The molecule has 8 heteroatoms. The maximum absolute atomic E-state index is 12.2. The number of nitrogens with zero attached hydrogens (tertiary/aromatic N) is 2. The lowest BCUT2D eigenvalue weighted by Gasteiger charge is -2.06. The average Bonchev–Trinajstić information content (AvgIpc) is 3.24. The Morgan fingerprint density at radius 3 is 2.79 bits per heavy atom. The van der Waals surface area contributed by atoms with Crippen molar-refractivity contribution >= 4 is 29.1 Å². The van der Waals surface area contributed by atoms with E-state index < -0.39 is 0 Å².